The fourth-order valence-electron chi connectivity index (χ4n) is 3.06. The van der Waals surface area contributed by atoms with Crippen LogP contribution in [0.25, 0.3) is 0 Å². The molecule has 0 aliphatic carbocycles. The van der Waals surface area contributed by atoms with Crippen LogP contribution in [0.2, 0.25) is 5.15 Å². The van der Waals surface area contributed by atoms with Gasteiger partial charge in [0.25, 0.3) is 0 Å². The van der Waals surface area contributed by atoms with Gasteiger partial charge in [0, 0.05) is 20.1 Å². The Morgan fingerprint density at radius 2 is 2.18 bits per heavy atom. The van der Waals surface area contributed by atoms with Crippen molar-refractivity contribution in [2.45, 2.75) is 38.0 Å². The van der Waals surface area contributed by atoms with Gasteiger partial charge in [-0.2, -0.15) is 5.10 Å². The lowest BCUT2D eigenvalue weighted by Crippen LogP contribution is -2.37. The SMILES string of the molecule is CCN1CCC[C@H](CCNS(=O)(=O)c2c(C)nn(C)c2Cl)C1. The number of nitrogens with one attached hydrogen (secondary N) is 1. The lowest BCUT2D eigenvalue weighted by Gasteiger charge is -2.31. The molecule has 0 amide bonds. The Hall–Kier alpha value is -0.630. The summed E-state index contributed by atoms with van der Waals surface area (Å²) in [5.41, 5.74) is 0.426. The summed E-state index contributed by atoms with van der Waals surface area (Å²) in [4.78, 5) is 2.51. The van der Waals surface area contributed by atoms with Crippen molar-refractivity contribution in [3.63, 3.8) is 0 Å². The normalized spacial score (nSPS) is 20.5. The lowest BCUT2D eigenvalue weighted by molar-refractivity contribution is 0.177. The van der Waals surface area contributed by atoms with E-state index >= 15 is 0 Å². The molecule has 126 valence electrons. The molecule has 1 N–H and O–H groups in total. The smallest absolute Gasteiger partial charge is 0.245 e. The van der Waals surface area contributed by atoms with Crippen LogP contribution in [0.15, 0.2) is 4.90 Å². The van der Waals surface area contributed by atoms with Gasteiger partial charge >= 0.3 is 0 Å². The van der Waals surface area contributed by atoms with E-state index in [0.717, 1.165) is 26.1 Å². The predicted molar refractivity (Wildman–Crippen MR) is 87.6 cm³/mol. The second-order valence-corrected chi connectivity index (χ2v) is 7.98. The number of likely N-dealkylation sites (tertiary alicyclic amines) is 1. The number of aryl methyl sites for hydroxylation is 2. The summed E-state index contributed by atoms with van der Waals surface area (Å²) in [6.07, 6.45) is 3.22. The number of halogens is 1. The first-order chi connectivity index (χ1) is 10.3. The Bertz CT molecular complexity index is 615. The molecule has 0 spiro atoms. The van der Waals surface area contributed by atoms with Crippen LogP contribution in [0.1, 0.15) is 31.9 Å². The molecule has 6 nitrogen and oxygen atoms in total. The predicted octanol–water partition coefficient (Wildman–Crippen LogP) is 1.78. The molecule has 1 saturated heterocycles. The van der Waals surface area contributed by atoms with Gasteiger partial charge in [0.05, 0.1) is 5.69 Å². The number of hydrogen-bond donors (Lipinski definition) is 1. The van der Waals surface area contributed by atoms with Crippen LogP contribution in [0.5, 0.6) is 0 Å². The first kappa shape index (κ1) is 17.7. The van der Waals surface area contributed by atoms with Crippen LogP contribution < -0.4 is 4.72 Å². The Morgan fingerprint density at radius 3 is 2.77 bits per heavy atom. The van der Waals surface area contributed by atoms with Crippen LogP contribution in [-0.4, -0.2) is 49.3 Å². The van der Waals surface area contributed by atoms with E-state index in [1.807, 2.05) is 0 Å². The Labute approximate surface area is 137 Å². The highest BCUT2D eigenvalue weighted by Crippen LogP contribution is 2.24. The van der Waals surface area contributed by atoms with Crippen molar-refractivity contribution < 1.29 is 8.42 Å². The summed E-state index contributed by atoms with van der Waals surface area (Å²) >= 11 is 6.04. The zero-order chi connectivity index (χ0) is 16.3. The zero-order valence-corrected chi connectivity index (χ0v) is 15.0. The van der Waals surface area contributed by atoms with Crippen molar-refractivity contribution in [2.75, 3.05) is 26.2 Å². The van der Waals surface area contributed by atoms with Gasteiger partial charge in [0.2, 0.25) is 10.0 Å². The summed E-state index contributed by atoms with van der Waals surface area (Å²) in [5, 5.41) is 4.21. The maximum Gasteiger partial charge on any atom is 0.245 e. The molecule has 0 saturated carbocycles. The lowest BCUT2D eigenvalue weighted by atomic mass is 9.95. The van der Waals surface area contributed by atoms with Gasteiger partial charge in [0.15, 0.2) is 0 Å². The molecule has 0 aromatic carbocycles. The molecule has 1 atom stereocenters. The minimum Gasteiger partial charge on any atom is -0.303 e. The fraction of sp³-hybridized carbons (Fsp3) is 0.786. The van der Waals surface area contributed by atoms with E-state index in [2.05, 4.69) is 21.6 Å². The van der Waals surface area contributed by atoms with Crippen molar-refractivity contribution in [1.82, 2.24) is 19.4 Å². The highest BCUT2D eigenvalue weighted by atomic mass is 35.5. The molecule has 8 heteroatoms. The van der Waals surface area contributed by atoms with Crippen molar-refractivity contribution >= 4 is 21.6 Å². The van der Waals surface area contributed by atoms with Gasteiger partial charge in [-0.25, -0.2) is 13.1 Å². The van der Waals surface area contributed by atoms with Gasteiger partial charge < -0.3 is 4.90 Å². The van der Waals surface area contributed by atoms with E-state index < -0.39 is 10.0 Å². The molecule has 1 aromatic heterocycles. The molecule has 0 radical (unpaired) electrons. The first-order valence-corrected chi connectivity index (χ1v) is 9.62. The largest absolute Gasteiger partial charge is 0.303 e. The number of rotatable bonds is 6. The van der Waals surface area contributed by atoms with E-state index in [9.17, 15) is 8.42 Å². The van der Waals surface area contributed by atoms with Gasteiger partial charge in [-0.05, 0) is 45.2 Å². The van der Waals surface area contributed by atoms with Crippen LogP contribution in [0.4, 0.5) is 0 Å². The van der Waals surface area contributed by atoms with Gasteiger partial charge in [-0.15, -0.1) is 0 Å². The average Bonchev–Trinajstić information content (AvgIpc) is 2.72. The monoisotopic (exact) mass is 348 g/mol. The highest BCUT2D eigenvalue weighted by molar-refractivity contribution is 7.89. The summed E-state index contributed by atoms with van der Waals surface area (Å²) in [5.74, 6) is 0.557. The quantitative estimate of drug-likeness (QED) is 0.851. The number of hydrogen-bond acceptors (Lipinski definition) is 4. The Kier molecular flexibility index (Phi) is 5.87. The van der Waals surface area contributed by atoms with Crippen LogP contribution >= 0.6 is 11.6 Å². The summed E-state index contributed by atoms with van der Waals surface area (Å²) in [7, 11) is -1.96. The number of sulfonamides is 1. The Balaban J connectivity index is 1.93. The van der Waals surface area contributed by atoms with Crippen LogP contribution in [0, 0.1) is 12.8 Å². The summed E-state index contributed by atoms with van der Waals surface area (Å²) in [6, 6.07) is 0. The maximum atomic E-state index is 12.4. The topological polar surface area (TPSA) is 67.2 Å². The number of nitrogens with zero attached hydrogens (tertiary/aromatic N) is 3. The Morgan fingerprint density at radius 1 is 1.45 bits per heavy atom. The maximum absolute atomic E-state index is 12.4. The standard InChI is InChI=1S/C14H25ClN4O2S/c1-4-19-9-5-6-12(10-19)7-8-16-22(20,21)13-11(2)17-18(3)14(13)15/h12,16H,4-10H2,1-3H3/t12-/m1/s1. The fourth-order valence-corrected chi connectivity index (χ4v) is 4.85. The van der Waals surface area contributed by atoms with E-state index in [1.165, 1.54) is 17.5 Å². The molecule has 0 bridgehead atoms. The van der Waals surface area contributed by atoms with Crippen LogP contribution in [0.3, 0.4) is 0 Å². The van der Waals surface area contributed by atoms with Gasteiger partial charge in [-0.1, -0.05) is 18.5 Å². The van der Waals surface area contributed by atoms with Crippen molar-refractivity contribution in [2.24, 2.45) is 13.0 Å². The second kappa shape index (κ2) is 7.29. The summed E-state index contributed by atoms with van der Waals surface area (Å²) < 4.78 is 28.8. The van der Waals surface area contributed by atoms with E-state index in [1.54, 1.807) is 14.0 Å². The molecule has 1 aliphatic heterocycles. The molecule has 0 unspecified atom stereocenters. The first-order valence-electron chi connectivity index (χ1n) is 7.76. The van der Waals surface area contributed by atoms with Crippen molar-refractivity contribution in [3.05, 3.63) is 10.8 Å². The third kappa shape index (κ3) is 4.01. The van der Waals surface area contributed by atoms with Crippen LogP contribution in [-0.2, 0) is 17.1 Å². The minimum atomic E-state index is -3.60. The van der Waals surface area contributed by atoms with E-state index in [4.69, 9.17) is 11.6 Å². The van der Waals surface area contributed by atoms with Gasteiger partial charge in [0.1, 0.15) is 10.0 Å². The highest BCUT2D eigenvalue weighted by Gasteiger charge is 2.25. The average molecular weight is 349 g/mol. The van der Waals surface area contributed by atoms with Gasteiger partial charge in [-0.3, -0.25) is 4.68 Å². The number of aromatic nitrogens is 2. The molecule has 1 aliphatic rings. The molecule has 2 rings (SSSR count). The molecule has 1 fully saturated rings. The molecular formula is C14H25ClN4O2S. The molecule has 1 aromatic rings. The molecule has 22 heavy (non-hydrogen) atoms. The van der Waals surface area contributed by atoms with Crippen molar-refractivity contribution in [3.8, 4) is 0 Å². The second-order valence-electron chi connectivity index (χ2n) is 5.92. The van der Waals surface area contributed by atoms with E-state index in [0.29, 0.717) is 18.2 Å². The third-order valence-corrected chi connectivity index (χ3v) is 6.42. The number of piperidine rings is 1. The molecular weight excluding hydrogens is 324 g/mol. The summed E-state index contributed by atoms with van der Waals surface area (Å²) in [6.45, 7) is 7.54. The minimum absolute atomic E-state index is 0.0931. The zero-order valence-electron chi connectivity index (χ0n) is 13.5. The van der Waals surface area contributed by atoms with Crippen molar-refractivity contribution in [1.29, 1.82) is 0 Å². The third-order valence-electron chi connectivity index (χ3n) is 4.26. The van der Waals surface area contributed by atoms with E-state index in [-0.39, 0.29) is 10.0 Å². The molecule has 2 heterocycles.